The summed E-state index contributed by atoms with van der Waals surface area (Å²) in [7, 11) is 0. The molecule has 0 atom stereocenters. The van der Waals surface area contributed by atoms with Crippen molar-refractivity contribution < 1.29 is 0 Å². The van der Waals surface area contributed by atoms with Gasteiger partial charge in [0, 0.05) is 10.6 Å². The maximum atomic E-state index is 13.6. The van der Waals surface area contributed by atoms with Crippen LogP contribution in [0.15, 0.2) is 46.9 Å². The van der Waals surface area contributed by atoms with E-state index in [1.807, 2.05) is 37.3 Å². The predicted molar refractivity (Wildman–Crippen MR) is 116 cm³/mol. The first-order valence-electron chi connectivity index (χ1n) is 9.44. The molecule has 5 nitrogen and oxygen atoms in total. The van der Waals surface area contributed by atoms with Crippen LogP contribution in [-0.4, -0.2) is 24.9 Å². The number of hydrogen-bond donors (Lipinski definition) is 0. The van der Waals surface area contributed by atoms with Gasteiger partial charge in [-0.25, -0.2) is 8.97 Å². The van der Waals surface area contributed by atoms with Crippen LogP contribution in [0.1, 0.15) is 28.8 Å². The minimum Gasteiger partial charge on any atom is -0.268 e. The second-order valence-electron chi connectivity index (χ2n) is 7.08. The molecule has 0 amide bonds. The van der Waals surface area contributed by atoms with Crippen molar-refractivity contribution in [2.24, 2.45) is 0 Å². The molecule has 0 bridgehead atoms. The molecule has 1 aliphatic carbocycles. The van der Waals surface area contributed by atoms with Gasteiger partial charge < -0.3 is 0 Å². The van der Waals surface area contributed by atoms with Gasteiger partial charge in [0.05, 0.1) is 11.1 Å². The Kier molecular flexibility index (Phi) is 4.36. The molecular weight excluding hydrogens is 388 g/mol. The highest BCUT2D eigenvalue weighted by molar-refractivity contribution is 7.99. The van der Waals surface area contributed by atoms with Gasteiger partial charge in [0.15, 0.2) is 5.16 Å². The van der Waals surface area contributed by atoms with E-state index < -0.39 is 0 Å². The topological polar surface area (TPSA) is 52.2 Å². The average Bonchev–Trinajstić information content (AvgIpc) is 3.29. The van der Waals surface area contributed by atoms with Crippen molar-refractivity contribution >= 4 is 39.1 Å². The van der Waals surface area contributed by atoms with Crippen LogP contribution < -0.4 is 5.56 Å². The molecule has 3 heterocycles. The zero-order chi connectivity index (χ0) is 19.3. The summed E-state index contributed by atoms with van der Waals surface area (Å²) in [6, 6.07) is 8.00. The number of thioether (sulfide) groups is 1. The first-order valence-corrected chi connectivity index (χ1v) is 11.2. The summed E-state index contributed by atoms with van der Waals surface area (Å²) < 4.78 is 3.78. The van der Waals surface area contributed by atoms with E-state index in [1.54, 1.807) is 27.7 Å². The molecule has 0 radical (unpaired) electrons. The molecule has 0 spiro atoms. The van der Waals surface area contributed by atoms with E-state index in [0.29, 0.717) is 5.78 Å². The second kappa shape index (κ2) is 6.90. The summed E-state index contributed by atoms with van der Waals surface area (Å²) in [4.78, 5) is 16.0. The quantitative estimate of drug-likeness (QED) is 0.367. The van der Waals surface area contributed by atoms with Gasteiger partial charge in [-0.15, -0.1) is 28.1 Å². The Hall–Kier alpha value is -2.38. The molecule has 5 rings (SSSR count). The fourth-order valence-corrected chi connectivity index (χ4v) is 5.97. The molecule has 0 saturated heterocycles. The summed E-state index contributed by atoms with van der Waals surface area (Å²) in [5.74, 6) is 1.32. The van der Waals surface area contributed by atoms with Crippen molar-refractivity contribution in [2.45, 2.75) is 37.8 Å². The van der Waals surface area contributed by atoms with E-state index in [0.717, 1.165) is 51.6 Å². The SMILES string of the molecule is C=CCSc1nnc2n(-c3ccc(C)cc3)c(=O)c3c4c(sc3n12)CCCC4. The van der Waals surface area contributed by atoms with Crippen molar-refractivity contribution in [3.8, 4) is 5.69 Å². The van der Waals surface area contributed by atoms with Gasteiger partial charge in [0.25, 0.3) is 5.56 Å². The highest BCUT2D eigenvalue weighted by Crippen LogP contribution is 2.36. The Morgan fingerprint density at radius 3 is 2.79 bits per heavy atom. The standard InChI is InChI=1S/C21H20N4OS2/c1-3-12-27-21-23-22-20-24(14-10-8-13(2)9-11-14)18(26)17-15-6-4-5-7-16(15)28-19(17)25(20)21/h3,8-11H,1,4-7,12H2,2H3. The fraction of sp³-hybridized carbons (Fsp3) is 0.286. The summed E-state index contributed by atoms with van der Waals surface area (Å²) in [6.07, 6.45) is 6.22. The monoisotopic (exact) mass is 408 g/mol. The normalized spacial score (nSPS) is 13.9. The summed E-state index contributed by atoms with van der Waals surface area (Å²) in [5.41, 5.74) is 3.22. The number of fused-ring (bicyclic) bond motifs is 5. The molecular formula is C21H20N4OS2. The van der Waals surface area contributed by atoms with Crippen LogP contribution in [0.2, 0.25) is 0 Å². The van der Waals surface area contributed by atoms with Crippen LogP contribution in [0.4, 0.5) is 0 Å². The number of aryl methyl sites for hydroxylation is 3. The maximum Gasteiger partial charge on any atom is 0.268 e. The van der Waals surface area contributed by atoms with Gasteiger partial charge in [0.1, 0.15) is 4.83 Å². The van der Waals surface area contributed by atoms with Crippen LogP contribution in [0.3, 0.4) is 0 Å². The Balaban J connectivity index is 1.91. The first kappa shape index (κ1) is 17.7. The maximum absolute atomic E-state index is 13.6. The van der Waals surface area contributed by atoms with Crippen molar-refractivity contribution in [3.63, 3.8) is 0 Å². The highest BCUT2D eigenvalue weighted by Gasteiger charge is 2.25. The summed E-state index contributed by atoms with van der Waals surface area (Å²) >= 11 is 3.32. The average molecular weight is 409 g/mol. The van der Waals surface area contributed by atoms with Gasteiger partial charge >= 0.3 is 0 Å². The Morgan fingerprint density at radius 1 is 1.21 bits per heavy atom. The van der Waals surface area contributed by atoms with Crippen LogP contribution in [-0.2, 0) is 12.8 Å². The van der Waals surface area contributed by atoms with Crippen molar-refractivity contribution in [1.29, 1.82) is 0 Å². The van der Waals surface area contributed by atoms with Gasteiger partial charge in [-0.3, -0.25) is 4.79 Å². The molecule has 0 fully saturated rings. The van der Waals surface area contributed by atoms with E-state index in [4.69, 9.17) is 0 Å². The molecule has 1 aromatic carbocycles. The molecule has 3 aromatic heterocycles. The first-order chi connectivity index (χ1) is 13.7. The number of thiophene rings is 1. The van der Waals surface area contributed by atoms with Crippen LogP contribution in [0.5, 0.6) is 0 Å². The number of nitrogens with zero attached hydrogens (tertiary/aromatic N) is 4. The lowest BCUT2D eigenvalue weighted by molar-refractivity contribution is 0.699. The zero-order valence-electron chi connectivity index (χ0n) is 15.6. The van der Waals surface area contributed by atoms with Crippen LogP contribution in [0.25, 0.3) is 21.7 Å². The fourth-order valence-electron chi connectivity index (χ4n) is 3.87. The lowest BCUT2D eigenvalue weighted by atomic mass is 9.97. The molecule has 1 aliphatic rings. The Labute approximate surface area is 170 Å². The molecule has 0 N–H and O–H groups in total. The van der Waals surface area contributed by atoms with E-state index in [1.165, 1.54) is 16.9 Å². The Bertz CT molecular complexity index is 1260. The zero-order valence-corrected chi connectivity index (χ0v) is 17.3. The number of benzene rings is 1. The second-order valence-corrected chi connectivity index (χ2v) is 9.16. The minimum atomic E-state index is 0.0124. The molecule has 0 unspecified atom stereocenters. The Morgan fingerprint density at radius 2 is 2.00 bits per heavy atom. The summed E-state index contributed by atoms with van der Waals surface area (Å²) in [6.45, 7) is 5.86. The third kappa shape index (κ3) is 2.64. The predicted octanol–water partition coefficient (Wildman–Crippen LogP) is 4.56. The van der Waals surface area contributed by atoms with Crippen molar-refractivity contribution in [3.05, 3.63) is 63.3 Å². The smallest absolute Gasteiger partial charge is 0.268 e. The van der Waals surface area contributed by atoms with E-state index in [2.05, 4.69) is 21.2 Å². The third-order valence-electron chi connectivity index (χ3n) is 5.21. The van der Waals surface area contributed by atoms with Crippen molar-refractivity contribution in [2.75, 3.05) is 5.75 Å². The molecule has 0 saturated carbocycles. The van der Waals surface area contributed by atoms with Crippen LogP contribution in [0, 0.1) is 6.92 Å². The van der Waals surface area contributed by atoms with Gasteiger partial charge in [0.2, 0.25) is 5.78 Å². The molecule has 0 aliphatic heterocycles. The van der Waals surface area contributed by atoms with Crippen molar-refractivity contribution in [1.82, 2.24) is 19.2 Å². The largest absolute Gasteiger partial charge is 0.268 e. The lowest BCUT2D eigenvalue weighted by Gasteiger charge is -2.12. The summed E-state index contributed by atoms with van der Waals surface area (Å²) in [5, 5.41) is 10.5. The molecule has 4 aromatic rings. The van der Waals surface area contributed by atoms with E-state index in [9.17, 15) is 4.79 Å². The number of aromatic nitrogens is 4. The molecule has 28 heavy (non-hydrogen) atoms. The molecule has 142 valence electrons. The van der Waals surface area contributed by atoms with Crippen LogP contribution >= 0.6 is 23.1 Å². The lowest BCUT2D eigenvalue weighted by Crippen LogP contribution is -2.22. The van der Waals surface area contributed by atoms with Gasteiger partial charge in [-0.2, -0.15) is 0 Å². The molecule has 7 heteroatoms. The van der Waals surface area contributed by atoms with Gasteiger partial charge in [-0.1, -0.05) is 35.5 Å². The van der Waals surface area contributed by atoms with E-state index in [-0.39, 0.29) is 5.56 Å². The number of hydrogen-bond acceptors (Lipinski definition) is 5. The van der Waals surface area contributed by atoms with E-state index >= 15 is 0 Å². The van der Waals surface area contributed by atoms with Gasteiger partial charge in [-0.05, 0) is 50.3 Å². The third-order valence-corrected chi connectivity index (χ3v) is 7.41. The number of rotatable bonds is 4. The minimum absolute atomic E-state index is 0.0124. The highest BCUT2D eigenvalue weighted by atomic mass is 32.2.